The SMILES string of the molecule is Cc1cc(C(F)(F)F)cc(N2C(=O)[C@@H]3CCC[C@@H]3[C@H]2C(=O)N(C)c2ccc(F)c(Cl)c2)n1. The highest BCUT2D eigenvalue weighted by molar-refractivity contribution is 6.31. The van der Waals surface area contributed by atoms with Crippen LogP contribution in [-0.2, 0) is 15.8 Å². The number of hydrogen-bond acceptors (Lipinski definition) is 3. The van der Waals surface area contributed by atoms with Crippen LogP contribution >= 0.6 is 11.6 Å². The van der Waals surface area contributed by atoms with Crippen molar-refractivity contribution in [3.63, 3.8) is 0 Å². The third-order valence-corrected chi connectivity index (χ3v) is 6.49. The summed E-state index contributed by atoms with van der Waals surface area (Å²) in [7, 11) is 1.46. The number of aryl methyl sites for hydroxylation is 1. The lowest BCUT2D eigenvalue weighted by Gasteiger charge is -2.30. The van der Waals surface area contributed by atoms with E-state index in [0.717, 1.165) is 29.5 Å². The quantitative estimate of drug-likeness (QED) is 0.595. The number of amides is 2. The highest BCUT2D eigenvalue weighted by Gasteiger charge is 2.55. The molecule has 0 bridgehead atoms. The van der Waals surface area contributed by atoms with Gasteiger partial charge in [0.2, 0.25) is 11.8 Å². The molecule has 2 aromatic rings. The molecule has 0 spiro atoms. The molecule has 5 nitrogen and oxygen atoms in total. The summed E-state index contributed by atoms with van der Waals surface area (Å²) in [6.45, 7) is 1.41. The summed E-state index contributed by atoms with van der Waals surface area (Å²) in [5, 5.41) is -0.171. The predicted octanol–water partition coefficient (Wildman–Crippen LogP) is 5.00. The smallest absolute Gasteiger partial charge is 0.314 e. The number of pyridine rings is 1. The van der Waals surface area contributed by atoms with Crippen LogP contribution in [0.3, 0.4) is 0 Å². The molecule has 0 unspecified atom stereocenters. The average Bonchev–Trinajstić information content (AvgIpc) is 3.30. The molecular formula is C22H20ClF4N3O2. The van der Waals surface area contributed by atoms with Crippen molar-refractivity contribution in [2.24, 2.45) is 11.8 Å². The Morgan fingerprint density at radius 1 is 1.22 bits per heavy atom. The number of rotatable bonds is 3. The number of alkyl halides is 3. The van der Waals surface area contributed by atoms with Crippen LogP contribution in [0.25, 0.3) is 0 Å². The van der Waals surface area contributed by atoms with Crippen LogP contribution in [0.4, 0.5) is 29.1 Å². The van der Waals surface area contributed by atoms with E-state index in [1.165, 1.54) is 31.0 Å². The molecule has 0 radical (unpaired) electrons. The predicted molar refractivity (Wildman–Crippen MR) is 111 cm³/mol. The van der Waals surface area contributed by atoms with Gasteiger partial charge in [-0.1, -0.05) is 18.0 Å². The third-order valence-electron chi connectivity index (χ3n) is 6.20. The van der Waals surface area contributed by atoms with Crippen molar-refractivity contribution < 1.29 is 27.2 Å². The standard InChI is InChI=1S/C22H20ClF4N3O2/c1-11-8-12(22(25,26)27)9-18(28-11)30-19(14-4-3-5-15(14)20(30)31)21(32)29(2)13-6-7-17(24)16(23)10-13/h6-10,14-15,19H,3-5H2,1-2H3/t14-,15+,19-/m0/s1. The fraction of sp³-hybridized carbons (Fsp3) is 0.409. The van der Waals surface area contributed by atoms with Gasteiger partial charge in [-0.3, -0.25) is 14.5 Å². The van der Waals surface area contributed by atoms with Crippen LogP contribution < -0.4 is 9.80 Å². The molecule has 3 atom stereocenters. The first-order valence-electron chi connectivity index (χ1n) is 10.1. The lowest BCUT2D eigenvalue weighted by molar-refractivity contribution is -0.137. The van der Waals surface area contributed by atoms with E-state index in [9.17, 15) is 27.2 Å². The fourth-order valence-corrected chi connectivity index (χ4v) is 4.86. The fourth-order valence-electron chi connectivity index (χ4n) is 4.69. The highest BCUT2D eigenvalue weighted by Crippen LogP contribution is 2.46. The zero-order chi connectivity index (χ0) is 23.4. The molecule has 2 fully saturated rings. The number of fused-ring (bicyclic) bond motifs is 1. The zero-order valence-electron chi connectivity index (χ0n) is 17.3. The normalized spacial score (nSPS) is 22.9. The van der Waals surface area contributed by atoms with Crippen molar-refractivity contribution in [1.29, 1.82) is 0 Å². The minimum absolute atomic E-state index is 0.0876. The van der Waals surface area contributed by atoms with Gasteiger partial charge in [0, 0.05) is 30.3 Å². The Morgan fingerprint density at radius 2 is 1.94 bits per heavy atom. The van der Waals surface area contributed by atoms with Crippen LogP contribution in [0, 0.1) is 24.6 Å². The van der Waals surface area contributed by atoms with Crippen molar-refractivity contribution in [1.82, 2.24) is 4.98 Å². The van der Waals surface area contributed by atoms with Gasteiger partial charge in [-0.15, -0.1) is 0 Å². The molecule has 1 saturated heterocycles. The van der Waals surface area contributed by atoms with Crippen LogP contribution in [0.2, 0.25) is 5.02 Å². The molecule has 2 aliphatic rings. The van der Waals surface area contributed by atoms with Gasteiger partial charge in [-0.25, -0.2) is 9.37 Å². The van der Waals surface area contributed by atoms with E-state index in [-0.39, 0.29) is 22.5 Å². The summed E-state index contributed by atoms with van der Waals surface area (Å²) >= 11 is 5.84. The van der Waals surface area contributed by atoms with E-state index in [1.54, 1.807) is 0 Å². The maximum atomic E-state index is 13.6. The first-order valence-corrected chi connectivity index (χ1v) is 10.5. The zero-order valence-corrected chi connectivity index (χ0v) is 18.0. The van der Waals surface area contributed by atoms with Gasteiger partial charge >= 0.3 is 6.18 Å². The van der Waals surface area contributed by atoms with Gasteiger partial charge in [0.25, 0.3) is 0 Å². The number of aromatic nitrogens is 1. The molecule has 2 heterocycles. The number of likely N-dealkylation sites (N-methyl/N-ethyl adjacent to an activating group) is 1. The molecule has 0 N–H and O–H groups in total. The Morgan fingerprint density at radius 3 is 2.59 bits per heavy atom. The molecule has 1 aliphatic carbocycles. The Balaban J connectivity index is 1.76. The number of halogens is 5. The van der Waals surface area contributed by atoms with E-state index < -0.39 is 41.3 Å². The Bertz CT molecular complexity index is 1090. The summed E-state index contributed by atoms with van der Waals surface area (Å²) < 4.78 is 53.7. The molecule has 1 aliphatic heterocycles. The number of anilines is 2. The lowest BCUT2D eigenvalue weighted by Crippen LogP contribution is -2.48. The molecule has 2 amide bonds. The summed E-state index contributed by atoms with van der Waals surface area (Å²) in [5.74, 6) is -2.53. The van der Waals surface area contributed by atoms with Crippen molar-refractivity contribution in [2.45, 2.75) is 38.4 Å². The number of carbonyl (C=O) groups is 2. The number of benzene rings is 1. The molecule has 1 aromatic carbocycles. The van der Waals surface area contributed by atoms with Gasteiger partial charge in [0.05, 0.1) is 10.6 Å². The molecular weight excluding hydrogens is 450 g/mol. The van der Waals surface area contributed by atoms with Crippen LogP contribution in [0.1, 0.15) is 30.5 Å². The van der Waals surface area contributed by atoms with Gasteiger partial charge in [0.15, 0.2) is 0 Å². The second-order valence-electron chi connectivity index (χ2n) is 8.20. The van der Waals surface area contributed by atoms with Crippen LogP contribution in [-0.4, -0.2) is 29.9 Å². The van der Waals surface area contributed by atoms with E-state index in [0.29, 0.717) is 18.5 Å². The maximum Gasteiger partial charge on any atom is 0.416 e. The van der Waals surface area contributed by atoms with E-state index >= 15 is 0 Å². The second kappa shape index (κ2) is 8.03. The Labute approximate surface area is 187 Å². The summed E-state index contributed by atoms with van der Waals surface area (Å²) in [5.41, 5.74) is -0.539. The van der Waals surface area contributed by atoms with Gasteiger partial charge in [0.1, 0.15) is 17.7 Å². The van der Waals surface area contributed by atoms with Gasteiger partial charge in [-0.05, 0) is 50.1 Å². The Kier molecular flexibility index (Phi) is 5.65. The molecule has 170 valence electrons. The summed E-state index contributed by atoms with van der Waals surface area (Å²) in [4.78, 5) is 33.2. The average molecular weight is 470 g/mol. The molecule has 10 heteroatoms. The largest absolute Gasteiger partial charge is 0.416 e. The molecule has 1 aromatic heterocycles. The van der Waals surface area contributed by atoms with Crippen molar-refractivity contribution in [3.8, 4) is 0 Å². The van der Waals surface area contributed by atoms with Gasteiger partial charge in [-0.2, -0.15) is 13.2 Å². The van der Waals surface area contributed by atoms with Crippen molar-refractivity contribution >= 4 is 34.9 Å². The van der Waals surface area contributed by atoms with E-state index in [1.807, 2.05) is 0 Å². The van der Waals surface area contributed by atoms with Crippen molar-refractivity contribution in [3.05, 3.63) is 52.4 Å². The first-order chi connectivity index (χ1) is 15.0. The number of nitrogens with zero attached hydrogens (tertiary/aromatic N) is 3. The van der Waals surface area contributed by atoms with E-state index in [2.05, 4.69) is 4.98 Å². The summed E-state index contributed by atoms with van der Waals surface area (Å²) in [6.07, 6.45) is -2.71. The lowest BCUT2D eigenvalue weighted by atomic mass is 9.92. The molecule has 1 saturated carbocycles. The maximum absolute atomic E-state index is 13.6. The topological polar surface area (TPSA) is 53.5 Å². The minimum atomic E-state index is -4.62. The molecule has 4 rings (SSSR count). The van der Waals surface area contributed by atoms with Crippen LogP contribution in [0.5, 0.6) is 0 Å². The van der Waals surface area contributed by atoms with Crippen molar-refractivity contribution in [2.75, 3.05) is 16.8 Å². The number of hydrogen-bond donors (Lipinski definition) is 0. The minimum Gasteiger partial charge on any atom is -0.314 e. The first kappa shape index (κ1) is 22.5. The monoisotopic (exact) mass is 469 g/mol. The van der Waals surface area contributed by atoms with Gasteiger partial charge < -0.3 is 4.90 Å². The second-order valence-corrected chi connectivity index (χ2v) is 8.61. The van der Waals surface area contributed by atoms with E-state index in [4.69, 9.17) is 11.6 Å². The van der Waals surface area contributed by atoms with Crippen LogP contribution in [0.15, 0.2) is 30.3 Å². The number of carbonyl (C=O) groups excluding carboxylic acids is 2. The third kappa shape index (κ3) is 3.83. The Hall–Kier alpha value is -2.68. The highest BCUT2D eigenvalue weighted by atomic mass is 35.5. The summed E-state index contributed by atoms with van der Waals surface area (Å²) in [6, 6.07) is 4.47. The molecule has 32 heavy (non-hydrogen) atoms.